The zero-order valence-electron chi connectivity index (χ0n) is 9.56. The van der Waals surface area contributed by atoms with Gasteiger partial charge in [-0.3, -0.25) is 4.98 Å². The van der Waals surface area contributed by atoms with Crippen LogP contribution in [0, 0.1) is 0 Å². The first-order valence-electron chi connectivity index (χ1n) is 5.19. The van der Waals surface area contributed by atoms with Crippen molar-refractivity contribution in [3.05, 3.63) is 24.0 Å². The average Bonchev–Trinajstić information content (AvgIpc) is 2.29. The number of nitrogens with zero attached hydrogens (tertiary/aromatic N) is 1. The van der Waals surface area contributed by atoms with Crippen molar-refractivity contribution in [3.8, 4) is 0 Å². The van der Waals surface area contributed by atoms with Gasteiger partial charge in [0.25, 0.3) is 0 Å². The number of ether oxygens (including phenoxy) is 1. The van der Waals surface area contributed by atoms with Crippen LogP contribution >= 0.6 is 12.2 Å². The number of thiocarbonyl (C=S) groups is 1. The van der Waals surface area contributed by atoms with Crippen LogP contribution in [0.25, 0.3) is 0 Å². The summed E-state index contributed by atoms with van der Waals surface area (Å²) in [5.74, 6) is 0. The second-order valence-corrected chi connectivity index (χ2v) is 3.91. The molecule has 3 N–H and O–H groups in total. The minimum absolute atomic E-state index is 0.238. The molecule has 88 valence electrons. The number of rotatable bonds is 6. The topological polar surface area (TPSA) is 60.2 Å². The van der Waals surface area contributed by atoms with Crippen LogP contribution in [0.2, 0.25) is 0 Å². The highest BCUT2D eigenvalue weighted by Crippen LogP contribution is 2.14. The Morgan fingerprint density at radius 2 is 2.44 bits per heavy atom. The van der Waals surface area contributed by atoms with Crippen LogP contribution < -0.4 is 11.1 Å². The molecule has 1 unspecified atom stereocenters. The van der Waals surface area contributed by atoms with E-state index in [9.17, 15) is 0 Å². The second kappa shape index (κ2) is 6.40. The Morgan fingerprint density at radius 3 is 3.00 bits per heavy atom. The number of anilines is 1. The first-order valence-corrected chi connectivity index (χ1v) is 5.60. The predicted molar refractivity (Wildman–Crippen MR) is 69.7 cm³/mol. The Hall–Kier alpha value is -1.20. The molecule has 1 aromatic rings. The molecule has 0 fully saturated rings. The van der Waals surface area contributed by atoms with Crippen LogP contribution in [0.1, 0.15) is 19.0 Å². The molecule has 0 saturated heterocycles. The summed E-state index contributed by atoms with van der Waals surface area (Å²) in [6.07, 6.45) is 2.64. The monoisotopic (exact) mass is 239 g/mol. The number of nitrogens with one attached hydrogen (secondary N) is 1. The molecule has 0 aromatic carbocycles. The zero-order chi connectivity index (χ0) is 12.0. The Balaban J connectivity index is 2.82. The normalized spacial score (nSPS) is 12.1. The number of hydrogen-bond donors (Lipinski definition) is 2. The van der Waals surface area contributed by atoms with Gasteiger partial charge in [-0.2, -0.15) is 0 Å². The van der Waals surface area contributed by atoms with Crippen molar-refractivity contribution in [1.82, 2.24) is 4.98 Å². The van der Waals surface area contributed by atoms with E-state index >= 15 is 0 Å². The number of aromatic nitrogens is 1. The van der Waals surface area contributed by atoms with Gasteiger partial charge in [0.05, 0.1) is 12.3 Å². The van der Waals surface area contributed by atoms with Crippen LogP contribution in [0.5, 0.6) is 0 Å². The maximum absolute atomic E-state index is 5.60. The highest BCUT2D eigenvalue weighted by atomic mass is 32.1. The smallest absolute Gasteiger partial charge is 0.124 e. The van der Waals surface area contributed by atoms with Crippen LogP contribution in [0.4, 0.5) is 5.69 Å². The highest BCUT2D eigenvalue weighted by molar-refractivity contribution is 7.80. The third-order valence-electron chi connectivity index (χ3n) is 2.26. The molecular weight excluding hydrogens is 222 g/mol. The minimum atomic E-state index is 0.238. The lowest BCUT2D eigenvalue weighted by molar-refractivity contribution is 0.184. The molecule has 0 aliphatic rings. The zero-order valence-corrected chi connectivity index (χ0v) is 10.4. The Morgan fingerprint density at radius 1 is 1.69 bits per heavy atom. The molecule has 1 atom stereocenters. The van der Waals surface area contributed by atoms with Crippen molar-refractivity contribution in [1.29, 1.82) is 0 Å². The van der Waals surface area contributed by atoms with Crippen LogP contribution in [-0.4, -0.2) is 29.7 Å². The molecule has 0 amide bonds. The fraction of sp³-hybridized carbons (Fsp3) is 0.455. The molecule has 1 rings (SSSR count). The van der Waals surface area contributed by atoms with Gasteiger partial charge in [-0.25, -0.2) is 0 Å². The molecule has 1 heterocycles. The summed E-state index contributed by atoms with van der Waals surface area (Å²) in [7, 11) is 1.68. The summed E-state index contributed by atoms with van der Waals surface area (Å²) in [6, 6.07) is 4.01. The number of hydrogen-bond acceptors (Lipinski definition) is 4. The van der Waals surface area contributed by atoms with Crippen LogP contribution in [0.15, 0.2) is 18.3 Å². The summed E-state index contributed by atoms with van der Waals surface area (Å²) in [5, 5.41) is 3.32. The van der Waals surface area contributed by atoms with Gasteiger partial charge in [-0.05, 0) is 18.6 Å². The van der Waals surface area contributed by atoms with E-state index < -0.39 is 0 Å². The lowest BCUT2D eigenvalue weighted by atomic mass is 10.2. The van der Waals surface area contributed by atoms with E-state index in [1.54, 1.807) is 13.3 Å². The van der Waals surface area contributed by atoms with Gasteiger partial charge in [0.15, 0.2) is 0 Å². The molecular formula is C11H17N3OS. The third-order valence-corrected chi connectivity index (χ3v) is 2.45. The van der Waals surface area contributed by atoms with E-state index in [1.165, 1.54) is 0 Å². The quantitative estimate of drug-likeness (QED) is 0.738. The summed E-state index contributed by atoms with van der Waals surface area (Å²) >= 11 is 4.95. The van der Waals surface area contributed by atoms with Crippen molar-refractivity contribution in [2.75, 3.05) is 19.0 Å². The Labute approximate surface area is 101 Å². The summed E-state index contributed by atoms with van der Waals surface area (Å²) in [5.41, 5.74) is 7.10. The van der Waals surface area contributed by atoms with Gasteiger partial charge < -0.3 is 15.8 Å². The molecule has 0 spiro atoms. The summed E-state index contributed by atoms with van der Waals surface area (Å²) in [6.45, 7) is 2.73. The van der Waals surface area contributed by atoms with Gasteiger partial charge in [0.2, 0.25) is 0 Å². The molecule has 5 heteroatoms. The molecule has 0 aliphatic carbocycles. The van der Waals surface area contributed by atoms with Crippen molar-refractivity contribution in [2.45, 2.75) is 19.4 Å². The van der Waals surface area contributed by atoms with E-state index in [0.717, 1.165) is 12.1 Å². The van der Waals surface area contributed by atoms with Crippen LogP contribution in [-0.2, 0) is 4.74 Å². The Bertz CT molecular complexity index is 357. The van der Waals surface area contributed by atoms with Crippen molar-refractivity contribution < 1.29 is 4.74 Å². The molecule has 0 bridgehead atoms. The first kappa shape index (κ1) is 12.9. The van der Waals surface area contributed by atoms with E-state index in [1.807, 2.05) is 12.1 Å². The van der Waals surface area contributed by atoms with Gasteiger partial charge in [0, 0.05) is 19.3 Å². The largest absolute Gasteiger partial charge is 0.388 e. The average molecular weight is 239 g/mol. The summed E-state index contributed by atoms with van der Waals surface area (Å²) in [4.78, 5) is 4.46. The second-order valence-electron chi connectivity index (χ2n) is 3.47. The van der Waals surface area contributed by atoms with Gasteiger partial charge in [-0.15, -0.1) is 0 Å². The Kier molecular flexibility index (Phi) is 5.14. The molecule has 1 aromatic heterocycles. The fourth-order valence-electron chi connectivity index (χ4n) is 1.40. The number of methoxy groups -OCH3 is 1. The third kappa shape index (κ3) is 3.43. The van der Waals surface area contributed by atoms with Crippen molar-refractivity contribution in [2.24, 2.45) is 5.73 Å². The maximum Gasteiger partial charge on any atom is 0.124 e. The van der Waals surface area contributed by atoms with E-state index in [4.69, 9.17) is 22.7 Å². The standard InChI is InChI=1S/C11H17N3OS/c1-3-8(7-15-2)14-9-5-4-6-13-10(9)11(12)16/h4-6,8,14H,3,7H2,1-2H3,(H2,12,16). The molecule has 4 nitrogen and oxygen atoms in total. The highest BCUT2D eigenvalue weighted by Gasteiger charge is 2.10. The first-order chi connectivity index (χ1) is 7.69. The molecule has 16 heavy (non-hydrogen) atoms. The maximum atomic E-state index is 5.60. The van der Waals surface area contributed by atoms with Crippen molar-refractivity contribution in [3.63, 3.8) is 0 Å². The van der Waals surface area contributed by atoms with E-state index in [0.29, 0.717) is 17.3 Å². The van der Waals surface area contributed by atoms with E-state index in [2.05, 4.69) is 17.2 Å². The minimum Gasteiger partial charge on any atom is -0.388 e. The molecule has 0 saturated carbocycles. The molecule has 0 radical (unpaired) electrons. The number of nitrogens with two attached hydrogens (primary N) is 1. The van der Waals surface area contributed by atoms with Crippen LogP contribution in [0.3, 0.4) is 0 Å². The van der Waals surface area contributed by atoms with Crippen molar-refractivity contribution >= 4 is 22.9 Å². The lowest BCUT2D eigenvalue weighted by Crippen LogP contribution is -2.26. The SMILES string of the molecule is CCC(COC)Nc1cccnc1C(N)=S. The summed E-state index contributed by atoms with van der Waals surface area (Å²) < 4.78 is 5.12. The van der Waals surface area contributed by atoms with Gasteiger partial charge in [-0.1, -0.05) is 19.1 Å². The van der Waals surface area contributed by atoms with Gasteiger partial charge in [0.1, 0.15) is 10.7 Å². The van der Waals surface area contributed by atoms with E-state index in [-0.39, 0.29) is 6.04 Å². The predicted octanol–water partition coefficient (Wildman–Crippen LogP) is 1.55. The fourth-order valence-corrected chi connectivity index (χ4v) is 1.56. The number of pyridine rings is 1. The van der Waals surface area contributed by atoms with Gasteiger partial charge >= 0.3 is 0 Å². The molecule has 0 aliphatic heterocycles. The lowest BCUT2D eigenvalue weighted by Gasteiger charge is -2.18.